The number of nitrogens with zero attached hydrogens (tertiary/aromatic N) is 1. The molecule has 1 aromatic rings. The zero-order valence-corrected chi connectivity index (χ0v) is 12.0. The summed E-state index contributed by atoms with van der Waals surface area (Å²) in [6.07, 6.45) is 1.22. The van der Waals surface area contributed by atoms with Crippen molar-refractivity contribution >= 4 is 17.7 Å². The SMILES string of the molecule is CCC1C(=O)NC(=O)CN1C(=O)c1ccc(CCN)cc1. The number of nitrogens with two attached hydrogens (primary N) is 1. The smallest absolute Gasteiger partial charge is 0.255 e. The van der Waals surface area contributed by atoms with Crippen molar-refractivity contribution in [3.05, 3.63) is 35.4 Å². The Hall–Kier alpha value is -2.21. The van der Waals surface area contributed by atoms with E-state index in [-0.39, 0.29) is 12.5 Å². The number of benzene rings is 1. The van der Waals surface area contributed by atoms with Gasteiger partial charge in [-0.2, -0.15) is 0 Å². The largest absolute Gasteiger partial charge is 0.330 e. The van der Waals surface area contributed by atoms with Gasteiger partial charge in [-0.25, -0.2) is 0 Å². The minimum atomic E-state index is -0.598. The second-order valence-corrected chi connectivity index (χ2v) is 5.01. The minimum Gasteiger partial charge on any atom is -0.330 e. The Kier molecular flexibility index (Phi) is 4.70. The molecule has 1 atom stereocenters. The van der Waals surface area contributed by atoms with Gasteiger partial charge in [-0.3, -0.25) is 19.7 Å². The Morgan fingerprint density at radius 1 is 1.33 bits per heavy atom. The van der Waals surface area contributed by atoms with E-state index < -0.39 is 17.9 Å². The zero-order chi connectivity index (χ0) is 15.4. The van der Waals surface area contributed by atoms with Gasteiger partial charge in [0.15, 0.2) is 0 Å². The first-order valence-electron chi connectivity index (χ1n) is 7.00. The first-order chi connectivity index (χ1) is 10.1. The van der Waals surface area contributed by atoms with Gasteiger partial charge in [-0.05, 0) is 37.1 Å². The molecule has 0 aromatic heterocycles. The molecule has 1 unspecified atom stereocenters. The maximum Gasteiger partial charge on any atom is 0.255 e. The third-order valence-electron chi connectivity index (χ3n) is 3.54. The Morgan fingerprint density at radius 2 is 2.00 bits per heavy atom. The van der Waals surface area contributed by atoms with Crippen molar-refractivity contribution in [2.45, 2.75) is 25.8 Å². The van der Waals surface area contributed by atoms with Gasteiger partial charge in [0.1, 0.15) is 12.6 Å². The van der Waals surface area contributed by atoms with Crippen molar-refractivity contribution in [3.8, 4) is 0 Å². The topological polar surface area (TPSA) is 92.5 Å². The van der Waals surface area contributed by atoms with Crippen molar-refractivity contribution in [1.82, 2.24) is 10.2 Å². The highest BCUT2D eigenvalue weighted by atomic mass is 16.2. The highest BCUT2D eigenvalue weighted by Crippen LogP contribution is 2.15. The molecule has 3 amide bonds. The highest BCUT2D eigenvalue weighted by Gasteiger charge is 2.35. The molecule has 1 heterocycles. The molecule has 6 nitrogen and oxygen atoms in total. The van der Waals surface area contributed by atoms with E-state index in [0.29, 0.717) is 18.5 Å². The van der Waals surface area contributed by atoms with E-state index in [1.165, 1.54) is 4.90 Å². The monoisotopic (exact) mass is 289 g/mol. The number of hydrogen-bond donors (Lipinski definition) is 2. The number of hydrogen-bond acceptors (Lipinski definition) is 4. The Bertz CT molecular complexity index is 554. The molecule has 0 spiro atoms. The average Bonchev–Trinajstić information content (AvgIpc) is 2.47. The van der Waals surface area contributed by atoms with Gasteiger partial charge in [0.2, 0.25) is 11.8 Å². The van der Waals surface area contributed by atoms with Gasteiger partial charge < -0.3 is 10.6 Å². The molecule has 1 aliphatic rings. The van der Waals surface area contributed by atoms with Crippen LogP contribution >= 0.6 is 0 Å². The fourth-order valence-electron chi connectivity index (χ4n) is 2.43. The second kappa shape index (κ2) is 6.49. The third-order valence-corrected chi connectivity index (χ3v) is 3.54. The molecule has 0 bridgehead atoms. The van der Waals surface area contributed by atoms with E-state index in [0.717, 1.165) is 12.0 Å². The molecule has 1 saturated heterocycles. The normalized spacial score (nSPS) is 18.6. The highest BCUT2D eigenvalue weighted by molar-refractivity contribution is 6.07. The summed E-state index contributed by atoms with van der Waals surface area (Å²) in [6.45, 7) is 2.27. The summed E-state index contributed by atoms with van der Waals surface area (Å²) < 4.78 is 0. The van der Waals surface area contributed by atoms with Crippen LogP contribution in [0.1, 0.15) is 29.3 Å². The Balaban J connectivity index is 2.20. The standard InChI is InChI=1S/C15H19N3O3/c1-2-12-14(20)17-13(19)9-18(12)15(21)11-5-3-10(4-6-11)7-8-16/h3-6,12H,2,7-9,16H2,1H3,(H,17,19,20). The van der Waals surface area contributed by atoms with Crippen LogP contribution in [-0.2, 0) is 16.0 Å². The van der Waals surface area contributed by atoms with Gasteiger partial charge >= 0.3 is 0 Å². The summed E-state index contributed by atoms with van der Waals surface area (Å²) in [5.74, 6) is -1.16. The molecule has 0 saturated carbocycles. The molecule has 1 fully saturated rings. The number of piperazine rings is 1. The van der Waals surface area contributed by atoms with Crippen molar-refractivity contribution in [1.29, 1.82) is 0 Å². The summed E-state index contributed by atoms with van der Waals surface area (Å²) in [5, 5.41) is 2.26. The van der Waals surface area contributed by atoms with E-state index in [9.17, 15) is 14.4 Å². The lowest BCUT2D eigenvalue weighted by Gasteiger charge is -2.33. The lowest BCUT2D eigenvalue weighted by Crippen LogP contribution is -2.59. The predicted octanol–water partition coefficient (Wildman–Crippen LogP) is 0.0650. The first kappa shape index (κ1) is 15.2. The summed E-state index contributed by atoms with van der Waals surface area (Å²) in [5.41, 5.74) is 7.00. The van der Waals surface area contributed by atoms with Crippen molar-refractivity contribution in [2.75, 3.05) is 13.1 Å². The fourth-order valence-corrected chi connectivity index (χ4v) is 2.43. The van der Waals surface area contributed by atoms with Crippen molar-refractivity contribution in [2.24, 2.45) is 5.73 Å². The number of rotatable bonds is 4. The molecular formula is C15H19N3O3. The average molecular weight is 289 g/mol. The maximum atomic E-state index is 12.5. The molecule has 21 heavy (non-hydrogen) atoms. The van der Waals surface area contributed by atoms with Crippen LogP contribution in [0.3, 0.4) is 0 Å². The van der Waals surface area contributed by atoms with Crippen LogP contribution < -0.4 is 11.1 Å². The van der Waals surface area contributed by atoms with E-state index in [1.807, 2.05) is 19.1 Å². The number of carbonyl (C=O) groups is 3. The lowest BCUT2D eigenvalue weighted by atomic mass is 10.0. The van der Waals surface area contributed by atoms with Crippen molar-refractivity contribution < 1.29 is 14.4 Å². The molecule has 112 valence electrons. The molecule has 1 aliphatic heterocycles. The number of amides is 3. The Labute approximate surface area is 123 Å². The van der Waals surface area contributed by atoms with Crippen LogP contribution in [-0.4, -0.2) is 41.8 Å². The van der Waals surface area contributed by atoms with E-state index in [1.54, 1.807) is 12.1 Å². The molecule has 1 aromatic carbocycles. The van der Waals surface area contributed by atoms with E-state index in [2.05, 4.69) is 5.32 Å². The number of carbonyl (C=O) groups excluding carboxylic acids is 3. The molecule has 3 N–H and O–H groups in total. The van der Waals surface area contributed by atoms with Crippen LogP contribution in [0.4, 0.5) is 0 Å². The lowest BCUT2D eigenvalue weighted by molar-refractivity contribution is -0.138. The number of imide groups is 1. The third kappa shape index (κ3) is 3.28. The van der Waals surface area contributed by atoms with Crippen LogP contribution in [0.25, 0.3) is 0 Å². The van der Waals surface area contributed by atoms with Gasteiger partial charge in [0.25, 0.3) is 5.91 Å². The minimum absolute atomic E-state index is 0.0897. The summed E-state index contributed by atoms with van der Waals surface area (Å²) in [4.78, 5) is 37.1. The summed E-state index contributed by atoms with van der Waals surface area (Å²) >= 11 is 0. The molecule has 2 rings (SSSR count). The van der Waals surface area contributed by atoms with E-state index in [4.69, 9.17) is 5.73 Å². The summed E-state index contributed by atoms with van der Waals surface area (Å²) in [6, 6.07) is 6.49. The van der Waals surface area contributed by atoms with Crippen LogP contribution in [0, 0.1) is 0 Å². The van der Waals surface area contributed by atoms with Crippen molar-refractivity contribution in [3.63, 3.8) is 0 Å². The number of nitrogens with one attached hydrogen (secondary N) is 1. The van der Waals surface area contributed by atoms with Gasteiger partial charge in [-0.1, -0.05) is 19.1 Å². The van der Waals surface area contributed by atoms with Crippen LogP contribution in [0.5, 0.6) is 0 Å². The molecule has 0 radical (unpaired) electrons. The fraction of sp³-hybridized carbons (Fsp3) is 0.400. The Morgan fingerprint density at radius 3 is 2.57 bits per heavy atom. The second-order valence-electron chi connectivity index (χ2n) is 5.01. The van der Waals surface area contributed by atoms with Crippen LogP contribution in [0.2, 0.25) is 0 Å². The molecular weight excluding hydrogens is 270 g/mol. The van der Waals surface area contributed by atoms with Gasteiger partial charge in [0.05, 0.1) is 0 Å². The van der Waals surface area contributed by atoms with E-state index >= 15 is 0 Å². The maximum absolute atomic E-state index is 12.5. The molecule has 0 aliphatic carbocycles. The molecule has 6 heteroatoms. The zero-order valence-electron chi connectivity index (χ0n) is 12.0. The van der Waals surface area contributed by atoms with Gasteiger partial charge in [-0.15, -0.1) is 0 Å². The van der Waals surface area contributed by atoms with Crippen LogP contribution in [0.15, 0.2) is 24.3 Å². The predicted molar refractivity (Wildman–Crippen MR) is 77.5 cm³/mol. The summed E-state index contributed by atoms with van der Waals surface area (Å²) in [7, 11) is 0. The quantitative estimate of drug-likeness (QED) is 0.767. The van der Waals surface area contributed by atoms with Gasteiger partial charge in [0, 0.05) is 5.56 Å². The first-order valence-corrected chi connectivity index (χ1v) is 7.00.